The molecule has 0 bridgehead atoms. The zero-order valence-electron chi connectivity index (χ0n) is 11.4. The van der Waals surface area contributed by atoms with Gasteiger partial charge < -0.3 is 5.32 Å². The van der Waals surface area contributed by atoms with Gasteiger partial charge in [-0.2, -0.15) is 0 Å². The van der Waals surface area contributed by atoms with Crippen molar-refractivity contribution >= 4 is 11.6 Å². The van der Waals surface area contributed by atoms with Crippen LogP contribution in [0, 0.1) is 0 Å². The highest BCUT2D eigenvalue weighted by Gasteiger charge is 2.29. The number of halogens is 1. The van der Waals surface area contributed by atoms with Gasteiger partial charge in [-0.3, -0.25) is 4.98 Å². The monoisotopic (exact) mass is 286 g/mol. The highest BCUT2D eigenvalue weighted by atomic mass is 35.5. The molecule has 104 valence electrons. The number of benzene rings is 1. The van der Waals surface area contributed by atoms with Crippen LogP contribution in [0.2, 0.25) is 5.02 Å². The zero-order valence-corrected chi connectivity index (χ0v) is 12.2. The topological polar surface area (TPSA) is 24.9 Å². The minimum atomic E-state index is 0.649. The molecule has 0 unspecified atom stereocenters. The number of nitrogens with zero attached hydrogens (tertiary/aromatic N) is 1. The predicted molar refractivity (Wildman–Crippen MR) is 83.2 cm³/mol. The van der Waals surface area contributed by atoms with Crippen LogP contribution in [-0.2, 0) is 6.42 Å². The van der Waals surface area contributed by atoms with E-state index in [1.807, 2.05) is 30.6 Å². The van der Waals surface area contributed by atoms with E-state index >= 15 is 0 Å². The summed E-state index contributed by atoms with van der Waals surface area (Å²) in [4.78, 5) is 4.14. The van der Waals surface area contributed by atoms with E-state index in [4.69, 9.17) is 11.6 Å². The standard InChI is InChI=1S/C17H19ClN2/c18-16-5-1-4-14(9-16)15-10-17(11-15)20-8-6-13-3-2-7-19-12-13/h1-5,7,9,12,15,17,20H,6,8,10-11H2. The summed E-state index contributed by atoms with van der Waals surface area (Å²) in [5, 5.41) is 4.46. The third-order valence-corrected chi connectivity index (χ3v) is 4.26. The molecule has 0 radical (unpaired) electrons. The van der Waals surface area contributed by atoms with E-state index in [1.54, 1.807) is 0 Å². The van der Waals surface area contributed by atoms with Crippen LogP contribution in [-0.4, -0.2) is 17.6 Å². The van der Waals surface area contributed by atoms with Gasteiger partial charge in [0.05, 0.1) is 0 Å². The molecule has 3 rings (SSSR count). The Bertz CT molecular complexity index is 550. The van der Waals surface area contributed by atoms with Gasteiger partial charge in [-0.05, 0) is 61.1 Å². The van der Waals surface area contributed by atoms with Crippen molar-refractivity contribution in [1.82, 2.24) is 10.3 Å². The Hall–Kier alpha value is -1.38. The van der Waals surface area contributed by atoms with E-state index in [0.717, 1.165) is 18.0 Å². The minimum Gasteiger partial charge on any atom is -0.314 e. The average Bonchev–Trinajstić information content (AvgIpc) is 2.42. The maximum atomic E-state index is 6.04. The van der Waals surface area contributed by atoms with Crippen LogP contribution in [0.4, 0.5) is 0 Å². The fourth-order valence-electron chi connectivity index (χ4n) is 2.78. The zero-order chi connectivity index (χ0) is 13.8. The molecule has 0 aliphatic heterocycles. The highest BCUT2D eigenvalue weighted by Crippen LogP contribution is 2.37. The van der Waals surface area contributed by atoms with Gasteiger partial charge in [-0.15, -0.1) is 0 Å². The molecular formula is C17H19ClN2. The SMILES string of the molecule is Clc1cccc(C2CC(NCCc3cccnc3)C2)c1. The lowest BCUT2D eigenvalue weighted by molar-refractivity contribution is 0.293. The van der Waals surface area contributed by atoms with Crippen molar-refractivity contribution in [2.24, 2.45) is 0 Å². The third-order valence-electron chi connectivity index (χ3n) is 4.03. The first-order valence-corrected chi connectivity index (χ1v) is 7.57. The molecule has 2 nitrogen and oxygen atoms in total. The molecule has 2 aromatic rings. The van der Waals surface area contributed by atoms with Crippen LogP contribution in [0.5, 0.6) is 0 Å². The van der Waals surface area contributed by atoms with Gasteiger partial charge in [0, 0.05) is 23.5 Å². The molecule has 0 amide bonds. The Morgan fingerprint density at radius 1 is 1.20 bits per heavy atom. The van der Waals surface area contributed by atoms with Gasteiger partial charge in [0.1, 0.15) is 0 Å². The first kappa shape index (κ1) is 13.6. The Balaban J connectivity index is 1.40. The van der Waals surface area contributed by atoms with Gasteiger partial charge in [-0.1, -0.05) is 29.8 Å². The van der Waals surface area contributed by atoms with Crippen molar-refractivity contribution in [2.75, 3.05) is 6.54 Å². The van der Waals surface area contributed by atoms with Crippen molar-refractivity contribution in [3.63, 3.8) is 0 Å². The van der Waals surface area contributed by atoms with E-state index in [9.17, 15) is 0 Å². The molecule has 1 N–H and O–H groups in total. The average molecular weight is 287 g/mol. The van der Waals surface area contributed by atoms with E-state index in [1.165, 1.54) is 24.0 Å². The summed E-state index contributed by atoms with van der Waals surface area (Å²) in [6.07, 6.45) is 7.24. The second kappa shape index (κ2) is 6.38. The van der Waals surface area contributed by atoms with Crippen molar-refractivity contribution < 1.29 is 0 Å². The molecular weight excluding hydrogens is 268 g/mol. The molecule has 0 atom stereocenters. The van der Waals surface area contributed by atoms with Crippen LogP contribution in [0.15, 0.2) is 48.8 Å². The van der Waals surface area contributed by atoms with Crippen LogP contribution in [0.25, 0.3) is 0 Å². The van der Waals surface area contributed by atoms with Gasteiger partial charge in [0.15, 0.2) is 0 Å². The normalized spacial score (nSPS) is 21.4. The molecule has 1 aromatic heterocycles. The lowest BCUT2D eigenvalue weighted by Crippen LogP contribution is -2.40. The molecule has 1 fully saturated rings. The van der Waals surface area contributed by atoms with E-state index in [-0.39, 0.29) is 0 Å². The highest BCUT2D eigenvalue weighted by molar-refractivity contribution is 6.30. The molecule has 1 heterocycles. The predicted octanol–water partition coefficient (Wildman–Crippen LogP) is 3.81. The molecule has 3 heteroatoms. The van der Waals surface area contributed by atoms with E-state index in [2.05, 4.69) is 28.5 Å². The summed E-state index contributed by atoms with van der Waals surface area (Å²) in [7, 11) is 0. The second-order valence-electron chi connectivity index (χ2n) is 5.49. The molecule has 0 spiro atoms. The lowest BCUT2D eigenvalue weighted by atomic mass is 9.76. The maximum Gasteiger partial charge on any atom is 0.0408 e. The number of rotatable bonds is 5. The lowest BCUT2D eigenvalue weighted by Gasteiger charge is -2.36. The molecule has 20 heavy (non-hydrogen) atoms. The number of pyridine rings is 1. The minimum absolute atomic E-state index is 0.649. The largest absolute Gasteiger partial charge is 0.314 e. The van der Waals surface area contributed by atoms with Gasteiger partial charge in [-0.25, -0.2) is 0 Å². The number of hydrogen-bond acceptors (Lipinski definition) is 2. The van der Waals surface area contributed by atoms with Crippen molar-refractivity contribution in [2.45, 2.75) is 31.2 Å². The molecule has 1 saturated carbocycles. The van der Waals surface area contributed by atoms with Gasteiger partial charge in [0.2, 0.25) is 0 Å². The smallest absolute Gasteiger partial charge is 0.0408 e. The van der Waals surface area contributed by atoms with Gasteiger partial charge in [0.25, 0.3) is 0 Å². The summed E-state index contributed by atoms with van der Waals surface area (Å²) in [6, 6.07) is 13.0. The van der Waals surface area contributed by atoms with Gasteiger partial charge >= 0.3 is 0 Å². The van der Waals surface area contributed by atoms with Crippen molar-refractivity contribution in [3.8, 4) is 0 Å². The Kier molecular flexibility index (Phi) is 4.34. The summed E-state index contributed by atoms with van der Waals surface area (Å²) in [6.45, 7) is 1.03. The summed E-state index contributed by atoms with van der Waals surface area (Å²) in [5.74, 6) is 0.671. The quantitative estimate of drug-likeness (QED) is 0.904. The Morgan fingerprint density at radius 2 is 2.10 bits per heavy atom. The fourth-order valence-corrected chi connectivity index (χ4v) is 2.98. The van der Waals surface area contributed by atoms with Crippen molar-refractivity contribution in [1.29, 1.82) is 0 Å². The summed E-state index contributed by atoms with van der Waals surface area (Å²) in [5.41, 5.74) is 2.67. The molecule has 1 aliphatic rings. The van der Waals surface area contributed by atoms with Crippen LogP contribution < -0.4 is 5.32 Å². The number of aromatic nitrogens is 1. The first-order valence-electron chi connectivity index (χ1n) is 7.19. The summed E-state index contributed by atoms with van der Waals surface area (Å²) >= 11 is 6.04. The number of hydrogen-bond donors (Lipinski definition) is 1. The van der Waals surface area contributed by atoms with Crippen LogP contribution in [0.3, 0.4) is 0 Å². The van der Waals surface area contributed by atoms with E-state index < -0.39 is 0 Å². The maximum absolute atomic E-state index is 6.04. The van der Waals surface area contributed by atoms with Crippen LogP contribution in [0.1, 0.15) is 29.9 Å². The molecule has 1 aromatic carbocycles. The van der Waals surface area contributed by atoms with Crippen molar-refractivity contribution in [3.05, 3.63) is 64.9 Å². The summed E-state index contributed by atoms with van der Waals surface area (Å²) < 4.78 is 0. The van der Waals surface area contributed by atoms with Crippen LogP contribution >= 0.6 is 11.6 Å². The Labute approximate surface area is 125 Å². The first-order chi connectivity index (χ1) is 9.81. The van der Waals surface area contributed by atoms with E-state index in [0.29, 0.717) is 12.0 Å². The molecule has 0 saturated heterocycles. The second-order valence-corrected chi connectivity index (χ2v) is 5.92. The Morgan fingerprint density at radius 3 is 2.85 bits per heavy atom. The molecule has 1 aliphatic carbocycles. The third kappa shape index (κ3) is 3.38. The fraction of sp³-hybridized carbons (Fsp3) is 0.353. The number of nitrogens with one attached hydrogen (secondary N) is 1.